The topological polar surface area (TPSA) is 58.2 Å². The Morgan fingerprint density at radius 1 is 0.917 bits per heavy atom. The van der Waals surface area contributed by atoms with Crippen LogP contribution in [0.4, 0.5) is 11.4 Å². The average molecular weight is 343 g/mol. The average Bonchev–Trinajstić information content (AvgIpc) is 3.41. The summed E-state index contributed by atoms with van der Waals surface area (Å²) in [5, 5.41) is 6.43. The van der Waals surface area contributed by atoms with E-state index in [4.69, 9.17) is 11.6 Å². The maximum atomic E-state index is 12.0. The van der Waals surface area contributed by atoms with Gasteiger partial charge in [-0.25, -0.2) is 0 Å². The molecule has 124 valence electrons. The highest BCUT2D eigenvalue weighted by molar-refractivity contribution is 6.30. The summed E-state index contributed by atoms with van der Waals surface area (Å²) >= 11 is 5.84. The van der Waals surface area contributed by atoms with Crippen LogP contribution in [0.5, 0.6) is 0 Å². The largest absolute Gasteiger partial charge is 0.326 e. The Morgan fingerprint density at radius 3 is 2.08 bits per heavy atom. The van der Waals surface area contributed by atoms with Gasteiger partial charge in [0, 0.05) is 28.7 Å². The predicted molar refractivity (Wildman–Crippen MR) is 96.2 cm³/mol. The molecule has 4 nitrogen and oxygen atoms in total. The van der Waals surface area contributed by atoms with Crippen molar-refractivity contribution in [3.8, 4) is 0 Å². The van der Waals surface area contributed by atoms with Crippen LogP contribution in [0, 0.1) is 5.92 Å². The van der Waals surface area contributed by atoms with Crippen molar-refractivity contribution in [3.63, 3.8) is 0 Å². The standard InChI is InChI=1S/C19H19ClN2O2/c20-15-6-1-13(2-7-15)3-12-18(23)21-16-8-10-17(11-9-16)22-19(24)14-4-5-14/h1-2,6-11,14H,3-5,12H2,(H,21,23)(H,22,24). The van der Waals surface area contributed by atoms with E-state index in [2.05, 4.69) is 10.6 Å². The fourth-order valence-electron chi connectivity index (χ4n) is 2.36. The minimum atomic E-state index is -0.0419. The number of nitrogens with one attached hydrogen (secondary N) is 2. The molecule has 0 saturated heterocycles. The Bertz CT molecular complexity index is 722. The van der Waals surface area contributed by atoms with Crippen molar-refractivity contribution in [2.24, 2.45) is 5.92 Å². The van der Waals surface area contributed by atoms with Crippen LogP contribution in [0.15, 0.2) is 48.5 Å². The van der Waals surface area contributed by atoms with Crippen LogP contribution in [0.1, 0.15) is 24.8 Å². The van der Waals surface area contributed by atoms with Crippen molar-refractivity contribution in [1.29, 1.82) is 0 Å². The number of rotatable bonds is 6. The summed E-state index contributed by atoms with van der Waals surface area (Å²) in [6.45, 7) is 0. The third kappa shape index (κ3) is 4.83. The number of benzene rings is 2. The van der Waals surface area contributed by atoms with Crippen LogP contribution >= 0.6 is 11.6 Å². The lowest BCUT2D eigenvalue weighted by Crippen LogP contribution is -2.14. The van der Waals surface area contributed by atoms with Gasteiger partial charge < -0.3 is 10.6 Å². The fraction of sp³-hybridized carbons (Fsp3) is 0.263. The number of aryl methyl sites for hydroxylation is 1. The van der Waals surface area contributed by atoms with Crippen LogP contribution in [-0.2, 0) is 16.0 Å². The quantitative estimate of drug-likeness (QED) is 0.824. The van der Waals surface area contributed by atoms with Crippen molar-refractivity contribution >= 4 is 34.8 Å². The van der Waals surface area contributed by atoms with E-state index in [-0.39, 0.29) is 17.7 Å². The molecule has 0 bridgehead atoms. The van der Waals surface area contributed by atoms with Crippen LogP contribution in [-0.4, -0.2) is 11.8 Å². The number of anilines is 2. The lowest BCUT2D eigenvalue weighted by atomic mass is 10.1. The van der Waals surface area contributed by atoms with Crippen molar-refractivity contribution in [1.82, 2.24) is 0 Å². The molecule has 1 fully saturated rings. The minimum Gasteiger partial charge on any atom is -0.326 e. The highest BCUT2D eigenvalue weighted by Gasteiger charge is 2.29. The number of amides is 2. The molecule has 0 aliphatic heterocycles. The number of carbonyl (C=O) groups excluding carboxylic acids is 2. The molecule has 0 aromatic heterocycles. The van der Waals surface area contributed by atoms with Crippen molar-refractivity contribution in [2.75, 3.05) is 10.6 Å². The van der Waals surface area contributed by atoms with Gasteiger partial charge in [-0.15, -0.1) is 0 Å². The molecule has 2 aromatic carbocycles. The second kappa shape index (κ2) is 7.49. The normalized spacial score (nSPS) is 13.4. The van der Waals surface area contributed by atoms with Crippen molar-refractivity contribution in [2.45, 2.75) is 25.7 Å². The van der Waals surface area contributed by atoms with Crippen molar-refractivity contribution < 1.29 is 9.59 Å². The molecular weight excluding hydrogens is 324 g/mol. The van der Waals surface area contributed by atoms with Crippen LogP contribution in [0.25, 0.3) is 0 Å². The molecule has 5 heteroatoms. The van der Waals surface area contributed by atoms with E-state index in [9.17, 15) is 9.59 Å². The van der Waals surface area contributed by atoms with Crippen LogP contribution in [0.3, 0.4) is 0 Å². The maximum Gasteiger partial charge on any atom is 0.227 e. The van der Waals surface area contributed by atoms with Gasteiger partial charge in [0.1, 0.15) is 0 Å². The Balaban J connectivity index is 1.47. The highest BCUT2D eigenvalue weighted by atomic mass is 35.5. The van der Waals surface area contributed by atoms with E-state index in [0.29, 0.717) is 17.9 Å². The second-order valence-electron chi connectivity index (χ2n) is 6.02. The fourth-order valence-corrected chi connectivity index (χ4v) is 2.49. The summed E-state index contributed by atoms with van der Waals surface area (Å²) in [5.41, 5.74) is 2.55. The monoisotopic (exact) mass is 342 g/mol. The zero-order chi connectivity index (χ0) is 16.9. The highest BCUT2D eigenvalue weighted by Crippen LogP contribution is 2.30. The molecule has 2 amide bonds. The molecular formula is C19H19ClN2O2. The summed E-state index contributed by atoms with van der Waals surface area (Å²) in [6.07, 6.45) is 3.03. The third-order valence-corrected chi connectivity index (χ3v) is 4.19. The zero-order valence-electron chi connectivity index (χ0n) is 13.2. The van der Waals surface area contributed by atoms with Gasteiger partial charge in [-0.2, -0.15) is 0 Å². The lowest BCUT2D eigenvalue weighted by Gasteiger charge is -2.08. The zero-order valence-corrected chi connectivity index (χ0v) is 14.0. The first-order valence-corrected chi connectivity index (χ1v) is 8.43. The number of hydrogen-bond donors (Lipinski definition) is 2. The van der Waals surface area contributed by atoms with Gasteiger partial charge in [0.2, 0.25) is 11.8 Å². The first-order valence-electron chi connectivity index (χ1n) is 8.05. The molecule has 1 aliphatic rings. The summed E-state index contributed by atoms with van der Waals surface area (Å²) in [7, 11) is 0. The van der Waals surface area contributed by atoms with E-state index in [1.54, 1.807) is 24.3 Å². The van der Waals surface area contributed by atoms with E-state index in [0.717, 1.165) is 29.8 Å². The molecule has 0 heterocycles. The summed E-state index contributed by atoms with van der Waals surface area (Å²) in [5.74, 6) is 0.215. The van der Waals surface area contributed by atoms with Crippen LogP contribution in [0.2, 0.25) is 5.02 Å². The minimum absolute atomic E-state index is 0.0419. The Labute approximate surface area is 146 Å². The summed E-state index contributed by atoms with van der Waals surface area (Å²) in [6, 6.07) is 14.7. The molecule has 2 aromatic rings. The smallest absolute Gasteiger partial charge is 0.227 e. The molecule has 24 heavy (non-hydrogen) atoms. The number of hydrogen-bond acceptors (Lipinski definition) is 2. The van der Waals surface area contributed by atoms with E-state index < -0.39 is 0 Å². The molecule has 0 atom stereocenters. The predicted octanol–water partition coefficient (Wildman–Crippen LogP) is 4.26. The SMILES string of the molecule is O=C(CCc1ccc(Cl)cc1)Nc1ccc(NC(=O)C2CC2)cc1. The summed E-state index contributed by atoms with van der Waals surface area (Å²) in [4.78, 5) is 23.7. The van der Waals surface area contributed by atoms with Gasteiger partial charge in [-0.05, 0) is 61.2 Å². The van der Waals surface area contributed by atoms with E-state index in [1.807, 2.05) is 24.3 Å². The molecule has 0 unspecified atom stereocenters. The molecule has 1 aliphatic carbocycles. The Hall–Kier alpha value is -2.33. The molecule has 0 spiro atoms. The number of halogens is 1. The molecule has 1 saturated carbocycles. The van der Waals surface area contributed by atoms with Gasteiger partial charge >= 0.3 is 0 Å². The third-order valence-electron chi connectivity index (χ3n) is 3.94. The number of carbonyl (C=O) groups is 2. The van der Waals surface area contributed by atoms with E-state index >= 15 is 0 Å². The first kappa shape index (κ1) is 16.5. The van der Waals surface area contributed by atoms with Gasteiger partial charge in [-0.3, -0.25) is 9.59 Å². The Kier molecular flexibility index (Phi) is 5.16. The van der Waals surface area contributed by atoms with Crippen LogP contribution < -0.4 is 10.6 Å². The second-order valence-corrected chi connectivity index (χ2v) is 6.45. The van der Waals surface area contributed by atoms with Gasteiger partial charge in [0.05, 0.1) is 0 Å². The van der Waals surface area contributed by atoms with Gasteiger partial charge in [0.25, 0.3) is 0 Å². The van der Waals surface area contributed by atoms with Crippen molar-refractivity contribution in [3.05, 3.63) is 59.1 Å². The first-order chi connectivity index (χ1) is 11.6. The maximum absolute atomic E-state index is 12.0. The lowest BCUT2D eigenvalue weighted by molar-refractivity contribution is -0.117. The molecule has 2 N–H and O–H groups in total. The Morgan fingerprint density at radius 2 is 1.50 bits per heavy atom. The van der Waals surface area contributed by atoms with Gasteiger partial charge in [0.15, 0.2) is 0 Å². The van der Waals surface area contributed by atoms with E-state index in [1.165, 1.54) is 0 Å². The molecule has 3 rings (SSSR count). The summed E-state index contributed by atoms with van der Waals surface area (Å²) < 4.78 is 0. The molecule has 0 radical (unpaired) electrons. The van der Waals surface area contributed by atoms with Gasteiger partial charge in [-0.1, -0.05) is 23.7 Å².